The third-order valence-corrected chi connectivity index (χ3v) is 5.73. The van der Waals surface area contributed by atoms with Crippen molar-refractivity contribution in [3.8, 4) is 0 Å². The molecule has 0 saturated carbocycles. The summed E-state index contributed by atoms with van der Waals surface area (Å²) in [6.45, 7) is 2.15. The molecule has 0 spiro atoms. The van der Waals surface area contributed by atoms with Gasteiger partial charge in [-0.1, -0.05) is 46.3 Å². The van der Waals surface area contributed by atoms with Gasteiger partial charge in [-0.15, -0.1) is 11.8 Å². The molecule has 0 aliphatic carbocycles. The van der Waals surface area contributed by atoms with Crippen LogP contribution in [0.3, 0.4) is 0 Å². The Morgan fingerprint density at radius 2 is 2.05 bits per heavy atom. The van der Waals surface area contributed by atoms with Gasteiger partial charge in [-0.25, -0.2) is 4.39 Å². The molecule has 1 nitrogen and oxygen atoms in total. The van der Waals surface area contributed by atoms with Crippen LogP contribution >= 0.6 is 27.7 Å². The first-order valence-corrected chi connectivity index (χ1v) is 8.86. The van der Waals surface area contributed by atoms with Crippen molar-refractivity contribution >= 4 is 27.7 Å². The SMILES string of the molecule is C[C@H](NC1CCSc2c(F)cccc21)c1ccccc1Br. The highest BCUT2D eigenvalue weighted by Gasteiger charge is 2.24. The number of halogens is 2. The van der Waals surface area contributed by atoms with Crippen LogP contribution in [0.25, 0.3) is 0 Å². The van der Waals surface area contributed by atoms with Crippen LogP contribution in [-0.2, 0) is 0 Å². The van der Waals surface area contributed by atoms with Gasteiger partial charge in [0.25, 0.3) is 0 Å². The third kappa shape index (κ3) is 3.17. The van der Waals surface area contributed by atoms with Crippen LogP contribution in [-0.4, -0.2) is 5.75 Å². The van der Waals surface area contributed by atoms with Crippen LogP contribution in [0.4, 0.5) is 4.39 Å². The third-order valence-electron chi connectivity index (χ3n) is 3.85. The Balaban J connectivity index is 1.84. The Bertz CT molecular complexity index is 646. The largest absolute Gasteiger partial charge is 0.303 e. The monoisotopic (exact) mass is 365 g/mol. The molecule has 1 aliphatic heterocycles. The molecule has 110 valence electrons. The van der Waals surface area contributed by atoms with E-state index >= 15 is 0 Å². The quantitative estimate of drug-likeness (QED) is 0.772. The van der Waals surface area contributed by atoms with Crippen LogP contribution < -0.4 is 5.32 Å². The Morgan fingerprint density at radius 1 is 1.24 bits per heavy atom. The predicted molar refractivity (Wildman–Crippen MR) is 90.2 cm³/mol. The van der Waals surface area contributed by atoms with Gasteiger partial charge in [0.1, 0.15) is 5.82 Å². The molecule has 1 unspecified atom stereocenters. The summed E-state index contributed by atoms with van der Waals surface area (Å²) in [7, 11) is 0. The van der Waals surface area contributed by atoms with E-state index in [1.165, 1.54) is 5.56 Å². The summed E-state index contributed by atoms with van der Waals surface area (Å²) in [6.07, 6.45) is 1.02. The molecule has 0 fully saturated rings. The predicted octanol–water partition coefficient (Wildman–Crippen LogP) is 5.48. The van der Waals surface area contributed by atoms with Gasteiger partial charge >= 0.3 is 0 Å². The number of nitrogens with one attached hydrogen (secondary N) is 1. The van der Waals surface area contributed by atoms with E-state index in [-0.39, 0.29) is 17.9 Å². The normalized spacial score (nSPS) is 19.1. The molecular formula is C17H17BrFNS. The molecule has 1 aliphatic rings. The van der Waals surface area contributed by atoms with Gasteiger partial charge in [0, 0.05) is 21.5 Å². The van der Waals surface area contributed by atoms with Crippen molar-refractivity contribution in [1.82, 2.24) is 5.32 Å². The number of rotatable bonds is 3. The van der Waals surface area contributed by atoms with E-state index in [1.54, 1.807) is 23.9 Å². The standard InChI is InChI=1S/C17H17BrFNS/c1-11(12-5-2-3-7-14(12)18)20-16-9-10-21-17-13(16)6-4-8-15(17)19/h2-8,11,16,20H,9-10H2,1H3/t11-,16?/m0/s1. The minimum absolute atomic E-state index is 0.0995. The molecule has 0 radical (unpaired) electrons. The fraction of sp³-hybridized carbons (Fsp3) is 0.294. The molecule has 21 heavy (non-hydrogen) atoms. The Hall–Kier alpha value is -0.840. The van der Waals surface area contributed by atoms with Crippen LogP contribution in [0.15, 0.2) is 51.8 Å². The van der Waals surface area contributed by atoms with Gasteiger partial charge in [0.2, 0.25) is 0 Å². The lowest BCUT2D eigenvalue weighted by Gasteiger charge is -2.29. The summed E-state index contributed by atoms with van der Waals surface area (Å²) in [5.41, 5.74) is 2.32. The van der Waals surface area contributed by atoms with Crippen LogP contribution in [0.5, 0.6) is 0 Å². The number of benzene rings is 2. The molecular weight excluding hydrogens is 349 g/mol. The topological polar surface area (TPSA) is 12.0 Å². The van der Waals surface area contributed by atoms with Crippen molar-refractivity contribution in [2.45, 2.75) is 30.3 Å². The zero-order valence-corrected chi connectivity index (χ0v) is 14.2. The highest BCUT2D eigenvalue weighted by Crippen LogP contribution is 2.39. The molecule has 2 aromatic carbocycles. The number of fused-ring (bicyclic) bond motifs is 1. The zero-order valence-electron chi connectivity index (χ0n) is 11.8. The number of hydrogen-bond acceptors (Lipinski definition) is 2. The van der Waals surface area contributed by atoms with Gasteiger partial charge in [-0.05, 0) is 42.4 Å². The molecule has 0 saturated heterocycles. The van der Waals surface area contributed by atoms with Gasteiger partial charge in [-0.2, -0.15) is 0 Å². The molecule has 1 N–H and O–H groups in total. The van der Waals surface area contributed by atoms with E-state index in [0.29, 0.717) is 0 Å². The molecule has 0 amide bonds. The van der Waals surface area contributed by atoms with Gasteiger partial charge in [0.15, 0.2) is 0 Å². The highest BCUT2D eigenvalue weighted by molar-refractivity contribution is 9.10. The van der Waals surface area contributed by atoms with E-state index in [1.807, 2.05) is 18.2 Å². The smallest absolute Gasteiger partial charge is 0.137 e. The molecule has 0 bridgehead atoms. The van der Waals surface area contributed by atoms with Crippen molar-refractivity contribution in [1.29, 1.82) is 0 Å². The summed E-state index contributed by atoms with van der Waals surface area (Å²) >= 11 is 5.22. The second-order valence-corrected chi connectivity index (χ2v) is 7.22. The maximum Gasteiger partial charge on any atom is 0.137 e. The number of hydrogen-bond donors (Lipinski definition) is 1. The molecule has 1 heterocycles. The zero-order chi connectivity index (χ0) is 14.8. The number of thioether (sulfide) groups is 1. The lowest BCUT2D eigenvalue weighted by molar-refractivity contribution is 0.443. The lowest BCUT2D eigenvalue weighted by atomic mass is 10.0. The fourth-order valence-corrected chi connectivity index (χ4v) is 4.55. The van der Waals surface area contributed by atoms with E-state index in [9.17, 15) is 4.39 Å². The first-order chi connectivity index (χ1) is 10.2. The van der Waals surface area contributed by atoms with E-state index in [4.69, 9.17) is 0 Å². The summed E-state index contributed by atoms with van der Waals surface area (Å²) in [5, 5.41) is 3.65. The van der Waals surface area contributed by atoms with Crippen molar-refractivity contribution in [2.75, 3.05) is 5.75 Å². The van der Waals surface area contributed by atoms with Crippen molar-refractivity contribution < 1.29 is 4.39 Å². The minimum Gasteiger partial charge on any atom is -0.303 e. The lowest BCUT2D eigenvalue weighted by Crippen LogP contribution is -2.27. The van der Waals surface area contributed by atoms with E-state index in [2.05, 4.69) is 40.3 Å². The molecule has 2 aromatic rings. The Labute approximate surface area is 137 Å². The second-order valence-electron chi connectivity index (χ2n) is 5.26. The van der Waals surface area contributed by atoms with Crippen LogP contribution in [0, 0.1) is 5.82 Å². The van der Waals surface area contributed by atoms with Gasteiger partial charge < -0.3 is 5.32 Å². The average Bonchev–Trinajstić information content (AvgIpc) is 2.49. The van der Waals surface area contributed by atoms with Gasteiger partial charge in [-0.3, -0.25) is 0 Å². The van der Waals surface area contributed by atoms with Crippen molar-refractivity contribution in [3.63, 3.8) is 0 Å². The van der Waals surface area contributed by atoms with Crippen molar-refractivity contribution in [3.05, 3.63) is 63.9 Å². The highest BCUT2D eigenvalue weighted by atomic mass is 79.9. The summed E-state index contributed by atoms with van der Waals surface area (Å²) in [6, 6.07) is 14.0. The van der Waals surface area contributed by atoms with Crippen LogP contribution in [0.2, 0.25) is 0 Å². The fourth-order valence-electron chi connectivity index (χ4n) is 2.78. The van der Waals surface area contributed by atoms with E-state index in [0.717, 1.165) is 27.1 Å². The maximum atomic E-state index is 13.9. The molecule has 3 rings (SSSR count). The molecule has 4 heteroatoms. The second kappa shape index (κ2) is 6.51. The summed E-state index contributed by atoms with van der Waals surface area (Å²) < 4.78 is 15.0. The van der Waals surface area contributed by atoms with E-state index < -0.39 is 0 Å². The Kier molecular flexibility index (Phi) is 4.67. The van der Waals surface area contributed by atoms with Gasteiger partial charge in [0.05, 0.1) is 0 Å². The maximum absolute atomic E-state index is 13.9. The minimum atomic E-state index is -0.0995. The molecule has 2 atom stereocenters. The first-order valence-electron chi connectivity index (χ1n) is 7.08. The van der Waals surface area contributed by atoms with Crippen molar-refractivity contribution in [2.24, 2.45) is 0 Å². The van der Waals surface area contributed by atoms with Crippen LogP contribution in [0.1, 0.15) is 36.6 Å². The average molecular weight is 366 g/mol. The first kappa shape index (κ1) is 15.1. The molecule has 0 aromatic heterocycles. The summed E-state index contributed by atoms with van der Waals surface area (Å²) in [5.74, 6) is 0.853. The summed E-state index contributed by atoms with van der Waals surface area (Å²) in [4.78, 5) is 0.806. The Morgan fingerprint density at radius 3 is 2.86 bits per heavy atom.